The van der Waals surface area contributed by atoms with Crippen LogP contribution in [0, 0.1) is 5.92 Å². The Kier molecular flexibility index (Phi) is 9.14. The molecule has 0 bridgehead atoms. The highest BCUT2D eigenvalue weighted by Gasteiger charge is 2.18. The van der Waals surface area contributed by atoms with Gasteiger partial charge in [0.05, 0.1) is 18.6 Å². The van der Waals surface area contributed by atoms with E-state index in [1.165, 1.54) is 43.8 Å². The zero-order valence-electron chi connectivity index (χ0n) is 20.0. The Bertz CT molecular complexity index is 1310. The third-order valence-electron chi connectivity index (χ3n) is 4.80. The second-order valence-corrected chi connectivity index (χ2v) is 10.1. The summed E-state index contributed by atoms with van der Waals surface area (Å²) in [6, 6.07) is 12.6. The van der Waals surface area contributed by atoms with Crippen molar-refractivity contribution in [3.05, 3.63) is 66.5 Å². The first-order valence-electron chi connectivity index (χ1n) is 11.0. The van der Waals surface area contributed by atoms with Gasteiger partial charge in [0, 0.05) is 23.6 Å². The smallest absolute Gasteiger partial charge is 0.263 e. The number of benzene rings is 2. The minimum absolute atomic E-state index is 0.00927. The predicted molar refractivity (Wildman–Crippen MR) is 141 cm³/mol. The maximum absolute atomic E-state index is 12.7. The largest absolute Gasteiger partial charge is 0.494 e. The molecule has 190 valence electrons. The topological polar surface area (TPSA) is 132 Å². The number of nitrogens with zero attached hydrogens (tertiary/aromatic N) is 2. The summed E-state index contributed by atoms with van der Waals surface area (Å²) in [5.74, 6) is 0.746. The third kappa shape index (κ3) is 7.62. The monoisotopic (exact) mass is 529 g/mol. The molecule has 36 heavy (non-hydrogen) atoms. The number of thiocarbonyl (C=S) groups is 1. The minimum Gasteiger partial charge on any atom is -0.494 e. The fourth-order valence-electron chi connectivity index (χ4n) is 2.93. The van der Waals surface area contributed by atoms with E-state index in [0.29, 0.717) is 29.5 Å². The Hall–Kier alpha value is -3.77. The molecular formula is C24H27N5O5S2. The zero-order valence-corrected chi connectivity index (χ0v) is 21.7. The summed E-state index contributed by atoms with van der Waals surface area (Å²) in [5.41, 5.74) is 0.884. The number of ether oxygens (including phenoxy) is 2. The lowest BCUT2D eigenvalue weighted by molar-refractivity contribution is 0.0977. The molecule has 0 fully saturated rings. The number of anilines is 2. The zero-order chi connectivity index (χ0) is 26.1. The van der Waals surface area contributed by atoms with Gasteiger partial charge in [0.2, 0.25) is 5.82 Å². The van der Waals surface area contributed by atoms with E-state index in [-0.39, 0.29) is 21.7 Å². The van der Waals surface area contributed by atoms with Crippen molar-refractivity contribution in [3.63, 3.8) is 0 Å². The van der Waals surface area contributed by atoms with Crippen molar-refractivity contribution >= 4 is 44.8 Å². The molecule has 0 radical (unpaired) electrons. The first-order valence-corrected chi connectivity index (χ1v) is 12.9. The van der Waals surface area contributed by atoms with Gasteiger partial charge in [0.15, 0.2) is 5.11 Å². The Balaban J connectivity index is 1.58. The number of methoxy groups -OCH3 is 1. The summed E-state index contributed by atoms with van der Waals surface area (Å²) in [5, 5.41) is 5.52. The number of aromatic nitrogens is 2. The van der Waals surface area contributed by atoms with Crippen LogP contribution in [0.5, 0.6) is 11.6 Å². The maximum Gasteiger partial charge on any atom is 0.263 e. The van der Waals surface area contributed by atoms with Crippen molar-refractivity contribution in [2.75, 3.05) is 23.8 Å². The van der Waals surface area contributed by atoms with Crippen LogP contribution in [0.3, 0.4) is 0 Å². The van der Waals surface area contributed by atoms with Gasteiger partial charge in [0.1, 0.15) is 5.75 Å². The number of carbonyl (C=O) groups excluding carboxylic acids is 1. The van der Waals surface area contributed by atoms with Crippen molar-refractivity contribution in [1.82, 2.24) is 15.3 Å². The Morgan fingerprint density at radius 3 is 2.50 bits per heavy atom. The molecule has 0 atom stereocenters. The SMILES string of the molecule is COc1nccnc1NS(=O)(=O)c1ccc(NC(=S)NC(=O)c2cccc(OCCC(C)C)c2)cc1. The molecule has 0 aliphatic rings. The van der Waals surface area contributed by atoms with Gasteiger partial charge < -0.3 is 14.8 Å². The van der Waals surface area contributed by atoms with Crippen LogP contribution in [0.25, 0.3) is 0 Å². The lowest BCUT2D eigenvalue weighted by Gasteiger charge is -2.12. The lowest BCUT2D eigenvalue weighted by Crippen LogP contribution is -2.34. The van der Waals surface area contributed by atoms with E-state index in [2.05, 4.69) is 39.2 Å². The van der Waals surface area contributed by atoms with Crippen LogP contribution in [0.4, 0.5) is 11.5 Å². The van der Waals surface area contributed by atoms with E-state index in [9.17, 15) is 13.2 Å². The van der Waals surface area contributed by atoms with Gasteiger partial charge in [-0.3, -0.25) is 14.8 Å². The van der Waals surface area contributed by atoms with Crippen molar-refractivity contribution < 1.29 is 22.7 Å². The highest BCUT2D eigenvalue weighted by Crippen LogP contribution is 2.22. The summed E-state index contributed by atoms with van der Waals surface area (Å²) in [6.45, 7) is 4.79. The first-order chi connectivity index (χ1) is 17.2. The molecular weight excluding hydrogens is 502 g/mol. The molecule has 0 saturated carbocycles. The molecule has 0 aliphatic heterocycles. The Labute approximate surface area is 215 Å². The van der Waals surface area contributed by atoms with Crippen molar-refractivity contribution in [2.24, 2.45) is 5.92 Å². The molecule has 12 heteroatoms. The normalized spacial score (nSPS) is 11.0. The van der Waals surface area contributed by atoms with Gasteiger partial charge in [-0.15, -0.1) is 0 Å². The number of hydrogen-bond donors (Lipinski definition) is 3. The van der Waals surface area contributed by atoms with Crippen LogP contribution in [0.1, 0.15) is 30.6 Å². The van der Waals surface area contributed by atoms with Crippen LogP contribution in [0.15, 0.2) is 65.8 Å². The van der Waals surface area contributed by atoms with Crippen molar-refractivity contribution in [1.29, 1.82) is 0 Å². The van der Waals surface area contributed by atoms with E-state index in [0.717, 1.165) is 6.42 Å². The molecule has 10 nitrogen and oxygen atoms in total. The molecule has 1 heterocycles. The van der Waals surface area contributed by atoms with E-state index < -0.39 is 15.9 Å². The highest BCUT2D eigenvalue weighted by molar-refractivity contribution is 7.92. The van der Waals surface area contributed by atoms with Gasteiger partial charge in [0.25, 0.3) is 21.8 Å². The second-order valence-electron chi connectivity index (χ2n) is 8.01. The first kappa shape index (κ1) is 26.8. The Morgan fingerprint density at radius 2 is 1.81 bits per heavy atom. The highest BCUT2D eigenvalue weighted by atomic mass is 32.2. The average molecular weight is 530 g/mol. The van der Waals surface area contributed by atoms with Crippen LogP contribution >= 0.6 is 12.2 Å². The third-order valence-corrected chi connectivity index (χ3v) is 6.36. The molecule has 3 rings (SSSR count). The Morgan fingerprint density at radius 1 is 1.08 bits per heavy atom. The van der Waals surface area contributed by atoms with Crippen LogP contribution < -0.4 is 24.8 Å². The van der Waals surface area contributed by atoms with Gasteiger partial charge in [-0.05, 0) is 67.0 Å². The molecule has 1 aromatic heterocycles. The molecule has 0 spiro atoms. The lowest BCUT2D eigenvalue weighted by atomic mass is 10.1. The number of nitrogens with one attached hydrogen (secondary N) is 3. The van der Waals surface area contributed by atoms with E-state index in [1.807, 2.05) is 0 Å². The van der Waals surface area contributed by atoms with Crippen LogP contribution in [-0.2, 0) is 10.0 Å². The molecule has 1 amide bonds. The number of hydrogen-bond acceptors (Lipinski definition) is 8. The van der Waals surface area contributed by atoms with E-state index in [1.54, 1.807) is 24.3 Å². The number of sulfonamides is 1. The molecule has 2 aromatic carbocycles. The van der Waals surface area contributed by atoms with Crippen LogP contribution in [0.2, 0.25) is 0 Å². The standard InChI is InChI=1S/C24H27N5O5S2/c1-16(2)11-14-34-19-6-4-5-17(15-19)22(30)28-24(35)27-18-7-9-20(10-8-18)36(31,32)29-21-23(33-3)26-13-12-25-21/h4-10,12-13,15-16H,11,14H2,1-3H3,(H,25,29)(H2,27,28,30,35). The quantitative estimate of drug-likeness (QED) is 0.335. The van der Waals surface area contributed by atoms with Gasteiger partial charge in [-0.1, -0.05) is 19.9 Å². The second kappa shape index (κ2) is 12.3. The van der Waals surface area contributed by atoms with E-state index >= 15 is 0 Å². The molecule has 3 N–H and O–H groups in total. The number of carbonyl (C=O) groups is 1. The summed E-state index contributed by atoms with van der Waals surface area (Å²) >= 11 is 5.23. The molecule has 0 saturated heterocycles. The molecule has 3 aromatic rings. The number of rotatable bonds is 10. The van der Waals surface area contributed by atoms with E-state index in [4.69, 9.17) is 21.7 Å². The minimum atomic E-state index is -3.94. The maximum atomic E-state index is 12.7. The van der Waals surface area contributed by atoms with Gasteiger partial charge in [-0.25, -0.2) is 18.4 Å². The van der Waals surface area contributed by atoms with Gasteiger partial charge in [-0.2, -0.15) is 0 Å². The molecule has 0 aliphatic carbocycles. The fourth-order valence-corrected chi connectivity index (χ4v) is 4.14. The summed E-state index contributed by atoms with van der Waals surface area (Å²) in [4.78, 5) is 20.4. The predicted octanol–water partition coefficient (Wildman–Crippen LogP) is 3.84. The van der Waals surface area contributed by atoms with Crippen molar-refractivity contribution in [3.8, 4) is 11.6 Å². The van der Waals surface area contributed by atoms with Crippen molar-refractivity contribution in [2.45, 2.75) is 25.2 Å². The average Bonchev–Trinajstić information content (AvgIpc) is 2.84. The number of amides is 1. The summed E-state index contributed by atoms with van der Waals surface area (Å²) in [7, 11) is -2.57. The fraction of sp³-hybridized carbons (Fsp3) is 0.250. The summed E-state index contributed by atoms with van der Waals surface area (Å²) < 4.78 is 38.4. The van der Waals surface area contributed by atoms with Crippen LogP contribution in [-0.4, -0.2) is 43.1 Å². The van der Waals surface area contributed by atoms with Gasteiger partial charge >= 0.3 is 0 Å². The molecule has 0 unspecified atom stereocenters. The summed E-state index contributed by atoms with van der Waals surface area (Å²) in [6.07, 6.45) is 3.64.